The fourth-order valence-corrected chi connectivity index (χ4v) is 3.22. The first-order valence-corrected chi connectivity index (χ1v) is 12.2. The Labute approximate surface area is 230 Å². The lowest BCUT2D eigenvalue weighted by molar-refractivity contribution is -0.142. The minimum absolute atomic E-state index is 0.00362. The van der Waals surface area contributed by atoms with Gasteiger partial charge in [-0.1, -0.05) is 0 Å². The third-order valence-corrected chi connectivity index (χ3v) is 5.21. The Morgan fingerprint density at radius 1 is 0.625 bits per heavy atom. The smallest absolute Gasteiger partial charge is 0.326 e. The molecule has 0 heterocycles. The van der Waals surface area contributed by atoms with Crippen LogP contribution in [0.4, 0.5) is 0 Å². The van der Waals surface area contributed by atoms with Gasteiger partial charge in [-0.05, 0) is 32.1 Å². The number of carboxylic acid groups (broad SMARTS) is 1. The van der Waals surface area contributed by atoms with Crippen molar-refractivity contribution in [1.82, 2.24) is 16.0 Å². The maximum Gasteiger partial charge on any atom is 0.326 e. The number of carbonyl (C=O) groups is 6. The molecule has 0 aromatic rings. The average Bonchev–Trinajstić information content (AvgIpc) is 2.83. The number of nitrogens with two attached hydrogens (primary N) is 7. The van der Waals surface area contributed by atoms with E-state index in [2.05, 4.69) is 25.9 Å². The maximum absolute atomic E-state index is 13.2. The third kappa shape index (κ3) is 16.2. The first-order valence-electron chi connectivity index (χ1n) is 12.2. The van der Waals surface area contributed by atoms with E-state index >= 15 is 0 Å². The lowest BCUT2D eigenvalue weighted by Gasteiger charge is -2.25. The summed E-state index contributed by atoms with van der Waals surface area (Å²) >= 11 is 0. The third-order valence-electron chi connectivity index (χ3n) is 5.21. The maximum atomic E-state index is 13.2. The van der Waals surface area contributed by atoms with Gasteiger partial charge in [-0.2, -0.15) is 0 Å². The largest absolute Gasteiger partial charge is 0.480 e. The van der Waals surface area contributed by atoms with Crippen molar-refractivity contribution in [2.24, 2.45) is 50.1 Å². The predicted molar refractivity (Wildman–Crippen MR) is 143 cm³/mol. The zero-order valence-electron chi connectivity index (χ0n) is 22.0. The van der Waals surface area contributed by atoms with E-state index in [4.69, 9.17) is 40.1 Å². The number of guanidine groups is 2. The van der Waals surface area contributed by atoms with Gasteiger partial charge in [0, 0.05) is 19.5 Å². The molecule has 40 heavy (non-hydrogen) atoms. The second kappa shape index (κ2) is 18.6. The standard InChI is InChI=1S/C21H40N12O7/c22-10(9-15(24)35)16(36)31-11(3-1-7-29-20(25)26)17(37)32-12(4-2-8-30-21(27)28)18(38)33-13(19(39)40)5-6-14(23)34/h10-13H,1-9,22H2,(H2,23,34)(H2,24,35)(H,31,36)(H,32,37)(H,33,38)(H,39,40)(H4,25,26,29)(H4,27,28,30). The van der Waals surface area contributed by atoms with Crippen LogP contribution in [0.1, 0.15) is 44.9 Å². The molecule has 0 rings (SSSR count). The summed E-state index contributed by atoms with van der Waals surface area (Å²) in [5.74, 6) is -5.97. The highest BCUT2D eigenvalue weighted by atomic mass is 16.4. The topological polar surface area (TPSA) is 366 Å². The van der Waals surface area contributed by atoms with Gasteiger partial charge in [0.05, 0.1) is 12.5 Å². The molecule has 0 saturated heterocycles. The van der Waals surface area contributed by atoms with Gasteiger partial charge in [0.25, 0.3) is 0 Å². The Morgan fingerprint density at radius 3 is 1.43 bits per heavy atom. The molecule has 19 heteroatoms. The van der Waals surface area contributed by atoms with E-state index in [0.29, 0.717) is 0 Å². The number of aliphatic imine (C=N–C) groups is 2. The number of nitrogens with one attached hydrogen (secondary N) is 3. The van der Waals surface area contributed by atoms with E-state index in [0.717, 1.165) is 0 Å². The van der Waals surface area contributed by atoms with Crippen molar-refractivity contribution in [2.75, 3.05) is 13.1 Å². The Hall–Kier alpha value is -4.68. The van der Waals surface area contributed by atoms with Crippen LogP contribution in [0, 0.1) is 0 Å². The van der Waals surface area contributed by atoms with Crippen LogP contribution in [-0.4, -0.2) is 89.8 Å². The average molecular weight is 573 g/mol. The van der Waals surface area contributed by atoms with Crippen molar-refractivity contribution in [3.8, 4) is 0 Å². The van der Waals surface area contributed by atoms with Gasteiger partial charge in [0.1, 0.15) is 18.1 Å². The first kappa shape index (κ1) is 35.3. The minimum atomic E-state index is -1.47. The van der Waals surface area contributed by atoms with Gasteiger partial charge in [-0.25, -0.2) is 4.79 Å². The van der Waals surface area contributed by atoms with Gasteiger partial charge in [0.2, 0.25) is 29.5 Å². The van der Waals surface area contributed by atoms with Gasteiger partial charge in [-0.3, -0.25) is 34.0 Å². The summed E-state index contributed by atoms with van der Waals surface area (Å²) in [6, 6.07) is -5.36. The SMILES string of the molecule is NC(=O)CCC(NC(=O)C(CCCN=C(N)N)NC(=O)C(CCCN=C(N)N)NC(=O)C(N)CC(N)=O)C(=O)O. The summed E-state index contributed by atoms with van der Waals surface area (Å²) < 4.78 is 0. The van der Waals surface area contributed by atoms with Crippen molar-refractivity contribution in [3.05, 3.63) is 0 Å². The van der Waals surface area contributed by atoms with Crippen LogP contribution >= 0.6 is 0 Å². The molecule has 0 saturated carbocycles. The molecular weight excluding hydrogens is 532 g/mol. The molecule has 0 fully saturated rings. The Balaban J connectivity index is 5.80. The molecule has 0 aliphatic rings. The second-order valence-corrected chi connectivity index (χ2v) is 8.70. The fraction of sp³-hybridized carbons (Fsp3) is 0.619. The zero-order chi connectivity index (χ0) is 30.8. The van der Waals surface area contributed by atoms with Gasteiger partial charge in [-0.15, -0.1) is 0 Å². The van der Waals surface area contributed by atoms with Crippen LogP contribution in [0.15, 0.2) is 9.98 Å². The Morgan fingerprint density at radius 2 is 1.05 bits per heavy atom. The summed E-state index contributed by atoms with van der Waals surface area (Å²) in [6.07, 6.45) is -0.702. The summed E-state index contributed by atoms with van der Waals surface area (Å²) in [5, 5.41) is 16.5. The molecule has 18 N–H and O–H groups in total. The van der Waals surface area contributed by atoms with Crippen LogP contribution in [-0.2, 0) is 28.8 Å². The van der Waals surface area contributed by atoms with Crippen molar-refractivity contribution >= 4 is 47.4 Å². The highest BCUT2D eigenvalue weighted by Gasteiger charge is 2.30. The monoisotopic (exact) mass is 572 g/mol. The summed E-state index contributed by atoms with van der Waals surface area (Å²) in [4.78, 5) is 80.0. The number of hydrogen-bond donors (Lipinski definition) is 11. The van der Waals surface area contributed by atoms with E-state index in [1.54, 1.807) is 0 Å². The van der Waals surface area contributed by atoms with E-state index in [1.807, 2.05) is 0 Å². The number of carbonyl (C=O) groups excluding carboxylic acids is 5. The summed E-state index contributed by atoms with van der Waals surface area (Å²) in [7, 11) is 0. The molecule has 19 nitrogen and oxygen atoms in total. The molecule has 0 radical (unpaired) electrons. The molecule has 0 spiro atoms. The van der Waals surface area contributed by atoms with Gasteiger partial charge in [0.15, 0.2) is 11.9 Å². The molecular formula is C21H40N12O7. The number of hydrogen-bond acceptors (Lipinski definition) is 9. The molecule has 4 unspecified atom stereocenters. The molecule has 0 aliphatic carbocycles. The molecule has 0 aromatic carbocycles. The first-order chi connectivity index (χ1) is 18.6. The lowest BCUT2D eigenvalue weighted by atomic mass is 10.1. The number of amides is 5. The minimum Gasteiger partial charge on any atom is -0.480 e. The van der Waals surface area contributed by atoms with Crippen LogP contribution in [0.25, 0.3) is 0 Å². The second-order valence-electron chi connectivity index (χ2n) is 8.70. The Bertz CT molecular complexity index is 964. The molecule has 4 atom stereocenters. The molecule has 0 aromatic heterocycles. The van der Waals surface area contributed by atoms with Crippen molar-refractivity contribution in [1.29, 1.82) is 0 Å². The number of primary amides is 2. The van der Waals surface area contributed by atoms with Crippen LogP contribution in [0.3, 0.4) is 0 Å². The zero-order valence-corrected chi connectivity index (χ0v) is 22.0. The van der Waals surface area contributed by atoms with E-state index in [9.17, 15) is 33.9 Å². The van der Waals surface area contributed by atoms with Crippen molar-refractivity contribution < 1.29 is 33.9 Å². The number of aliphatic carboxylic acids is 1. The summed E-state index contributed by atoms with van der Waals surface area (Å²) in [6.45, 7) is 0.199. The molecule has 5 amide bonds. The van der Waals surface area contributed by atoms with E-state index in [1.165, 1.54) is 0 Å². The number of nitrogens with zero attached hydrogens (tertiary/aromatic N) is 2. The highest BCUT2D eigenvalue weighted by molar-refractivity contribution is 5.95. The van der Waals surface area contributed by atoms with Crippen molar-refractivity contribution in [2.45, 2.75) is 69.1 Å². The quantitative estimate of drug-likeness (QED) is 0.0369. The fourth-order valence-electron chi connectivity index (χ4n) is 3.22. The van der Waals surface area contributed by atoms with Crippen molar-refractivity contribution in [3.63, 3.8) is 0 Å². The molecule has 0 aliphatic heterocycles. The number of rotatable bonds is 20. The van der Waals surface area contributed by atoms with Crippen LogP contribution in [0.2, 0.25) is 0 Å². The highest BCUT2D eigenvalue weighted by Crippen LogP contribution is 2.06. The van der Waals surface area contributed by atoms with Gasteiger partial charge < -0.3 is 61.2 Å². The van der Waals surface area contributed by atoms with E-state index < -0.39 is 66.1 Å². The number of carboxylic acids is 1. The summed E-state index contributed by atoms with van der Waals surface area (Å²) in [5.41, 5.74) is 37.0. The Kier molecular flexibility index (Phi) is 16.4. The lowest BCUT2D eigenvalue weighted by Crippen LogP contribution is -2.57. The predicted octanol–water partition coefficient (Wildman–Crippen LogP) is -5.90. The normalized spacial score (nSPS) is 13.4. The molecule has 0 bridgehead atoms. The van der Waals surface area contributed by atoms with Crippen LogP contribution < -0.4 is 56.1 Å². The van der Waals surface area contributed by atoms with E-state index in [-0.39, 0.29) is 63.5 Å². The molecule has 226 valence electrons. The van der Waals surface area contributed by atoms with Gasteiger partial charge >= 0.3 is 5.97 Å². The van der Waals surface area contributed by atoms with Crippen LogP contribution in [0.5, 0.6) is 0 Å².